The maximum absolute atomic E-state index is 12.1. The fraction of sp³-hybridized carbons (Fsp3) is 0.158. The first-order valence-electron chi connectivity index (χ1n) is 8.25. The second-order valence-corrected chi connectivity index (χ2v) is 6.09. The Bertz CT molecular complexity index is 1060. The zero-order valence-corrected chi connectivity index (χ0v) is 14.2. The summed E-state index contributed by atoms with van der Waals surface area (Å²) >= 11 is 0. The van der Waals surface area contributed by atoms with Gasteiger partial charge in [0.1, 0.15) is 5.69 Å². The molecule has 0 aliphatic rings. The highest BCUT2D eigenvalue weighted by Gasteiger charge is 2.12. The Hall–Kier alpha value is -3.48. The van der Waals surface area contributed by atoms with E-state index in [9.17, 15) is 4.79 Å². The van der Waals surface area contributed by atoms with E-state index in [-0.39, 0.29) is 6.54 Å². The Morgan fingerprint density at radius 3 is 2.54 bits per heavy atom. The minimum atomic E-state index is -0.516. The normalized spacial score (nSPS) is 11.0. The molecule has 0 saturated heterocycles. The van der Waals surface area contributed by atoms with Crippen molar-refractivity contribution in [3.8, 4) is 11.5 Å². The van der Waals surface area contributed by atoms with E-state index in [2.05, 4.69) is 15.4 Å². The number of nitrogens with zero attached hydrogens (tertiary/aromatic N) is 5. The number of benzene rings is 2. The van der Waals surface area contributed by atoms with E-state index in [0.717, 1.165) is 16.7 Å². The second kappa shape index (κ2) is 6.79. The smallest absolute Gasteiger partial charge is 0.388 e. The van der Waals surface area contributed by atoms with Gasteiger partial charge in [-0.2, -0.15) is 4.68 Å². The van der Waals surface area contributed by atoms with Crippen LogP contribution in [0.3, 0.4) is 0 Å². The average Bonchev–Trinajstić information content (AvgIpc) is 3.24. The predicted octanol–water partition coefficient (Wildman–Crippen LogP) is 2.50. The van der Waals surface area contributed by atoms with Crippen LogP contribution in [0.2, 0.25) is 0 Å². The molecule has 0 radical (unpaired) electrons. The zero-order chi connectivity index (χ0) is 17.9. The fourth-order valence-electron chi connectivity index (χ4n) is 2.63. The van der Waals surface area contributed by atoms with Crippen molar-refractivity contribution >= 4 is 0 Å². The molecule has 2 heterocycles. The van der Waals surface area contributed by atoms with E-state index >= 15 is 0 Å². The summed E-state index contributed by atoms with van der Waals surface area (Å²) in [6.07, 6.45) is 1.81. The maximum Gasteiger partial charge on any atom is 0.437 e. The van der Waals surface area contributed by atoms with Crippen LogP contribution in [0.5, 0.6) is 0 Å². The van der Waals surface area contributed by atoms with Crippen molar-refractivity contribution in [2.24, 2.45) is 0 Å². The summed E-state index contributed by atoms with van der Waals surface area (Å²) < 4.78 is 8.25. The summed E-state index contributed by atoms with van der Waals surface area (Å²) in [5.41, 5.74) is 3.67. The number of aryl methyl sites for hydroxylation is 1. The molecule has 0 spiro atoms. The molecule has 7 nitrogen and oxygen atoms in total. The van der Waals surface area contributed by atoms with Crippen molar-refractivity contribution in [3.63, 3.8) is 0 Å². The third-order valence-electron chi connectivity index (χ3n) is 3.99. The molecule has 0 saturated carbocycles. The standard InChI is InChI=1S/C19H17N5O2/c1-14-7-9-16(10-8-14)18-21-24(19(25)26-18)13-17-12-23(22-20-17)11-15-5-3-2-4-6-15/h2-10,12H,11,13H2,1H3. The topological polar surface area (TPSA) is 78.7 Å². The third-order valence-corrected chi connectivity index (χ3v) is 3.99. The Morgan fingerprint density at radius 1 is 1.00 bits per heavy atom. The summed E-state index contributed by atoms with van der Waals surface area (Å²) in [5, 5.41) is 12.5. The zero-order valence-electron chi connectivity index (χ0n) is 14.2. The van der Waals surface area contributed by atoms with E-state index in [1.807, 2.05) is 61.5 Å². The van der Waals surface area contributed by atoms with Gasteiger partial charge < -0.3 is 4.42 Å². The molecule has 0 aliphatic carbocycles. The van der Waals surface area contributed by atoms with Gasteiger partial charge in [0, 0.05) is 5.56 Å². The first-order chi connectivity index (χ1) is 12.7. The summed E-state index contributed by atoms with van der Waals surface area (Å²) in [5.74, 6) is -0.218. The van der Waals surface area contributed by atoms with Crippen LogP contribution in [0.4, 0.5) is 0 Å². The minimum absolute atomic E-state index is 0.211. The third kappa shape index (κ3) is 3.46. The van der Waals surface area contributed by atoms with Crippen molar-refractivity contribution in [1.82, 2.24) is 24.8 Å². The van der Waals surface area contributed by atoms with Gasteiger partial charge in [0.15, 0.2) is 0 Å². The molecule has 26 heavy (non-hydrogen) atoms. The van der Waals surface area contributed by atoms with Crippen molar-refractivity contribution in [2.75, 3.05) is 0 Å². The number of rotatable bonds is 5. The van der Waals surface area contributed by atoms with Crippen LogP contribution in [-0.2, 0) is 13.1 Å². The maximum atomic E-state index is 12.1. The molecule has 0 bridgehead atoms. The lowest BCUT2D eigenvalue weighted by molar-refractivity contribution is 0.493. The van der Waals surface area contributed by atoms with Gasteiger partial charge in [-0.1, -0.05) is 53.2 Å². The van der Waals surface area contributed by atoms with E-state index in [1.54, 1.807) is 10.9 Å². The van der Waals surface area contributed by atoms with Crippen molar-refractivity contribution in [3.05, 3.63) is 88.2 Å². The monoisotopic (exact) mass is 347 g/mol. The molecule has 0 amide bonds. The van der Waals surface area contributed by atoms with Crippen LogP contribution in [0.25, 0.3) is 11.5 Å². The number of hydrogen-bond acceptors (Lipinski definition) is 5. The minimum Gasteiger partial charge on any atom is -0.388 e. The van der Waals surface area contributed by atoms with E-state index in [0.29, 0.717) is 18.1 Å². The van der Waals surface area contributed by atoms with Gasteiger partial charge in [-0.05, 0) is 24.6 Å². The Morgan fingerprint density at radius 2 is 1.77 bits per heavy atom. The fourth-order valence-corrected chi connectivity index (χ4v) is 2.63. The highest BCUT2D eigenvalue weighted by Crippen LogP contribution is 2.16. The lowest BCUT2D eigenvalue weighted by Gasteiger charge is -1.99. The molecule has 4 rings (SSSR count). The summed E-state index contributed by atoms with van der Waals surface area (Å²) in [7, 11) is 0. The molecule has 2 aromatic heterocycles. The van der Waals surface area contributed by atoms with Gasteiger partial charge >= 0.3 is 5.76 Å². The quantitative estimate of drug-likeness (QED) is 0.554. The van der Waals surface area contributed by atoms with Crippen LogP contribution >= 0.6 is 0 Å². The van der Waals surface area contributed by atoms with Gasteiger partial charge in [0.2, 0.25) is 5.89 Å². The van der Waals surface area contributed by atoms with Gasteiger partial charge in [-0.15, -0.1) is 10.2 Å². The van der Waals surface area contributed by atoms with Gasteiger partial charge in [-0.3, -0.25) is 0 Å². The van der Waals surface area contributed by atoms with Gasteiger partial charge in [0.05, 0.1) is 19.3 Å². The van der Waals surface area contributed by atoms with Gasteiger partial charge in [-0.25, -0.2) is 9.48 Å². The molecular formula is C19H17N5O2. The molecule has 2 aromatic carbocycles. The molecule has 0 unspecified atom stereocenters. The highest BCUT2D eigenvalue weighted by molar-refractivity contribution is 5.52. The number of aromatic nitrogens is 5. The molecule has 4 aromatic rings. The molecule has 0 N–H and O–H groups in total. The molecular weight excluding hydrogens is 330 g/mol. The van der Waals surface area contributed by atoms with E-state index in [4.69, 9.17) is 4.42 Å². The molecule has 0 fully saturated rings. The Balaban J connectivity index is 1.51. The summed E-state index contributed by atoms with van der Waals surface area (Å²) in [4.78, 5) is 12.1. The van der Waals surface area contributed by atoms with E-state index in [1.165, 1.54) is 4.68 Å². The second-order valence-electron chi connectivity index (χ2n) is 6.09. The number of hydrogen-bond donors (Lipinski definition) is 0. The predicted molar refractivity (Wildman–Crippen MR) is 95.6 cm³/mol. The Labute approximate surface area is 149 Å². The van der Waals surface area contributed by atoms with Crippen LogP contribution in [0, 0.1) is 6.92 Å². The molecule has 0 aliphatic heterocycles. The van der Waals surface area contributed by atoms with Crippen molar-refractivity contribution in [2.45, 2.75) is 20.0 Å². The van der Waals surface area contributed by atoms with Crippen LogP contribution in [0.1, 0.15) is 16.8 Å². The van der Waals surface area contributed by atoms with E-state index < -0.39 is 5.76 Å². The first kappa shape index (κ1) is 16.0. The SMILES string of the molecule is Cc1ccc(-c2nn(Cc3cn(Cc4ccccc4)nn3)c(=O)o2)cc1. The molecule has 130 valence electrons. The lowest BCUT2D eigenvalue weighted by atomic mass is 10.1. The van der Waals surface area contributed by atoms with Crippen LogP contribution < -0.4 is 5.76 Å². The average molecular weight is 347 g/mol. The highest BCUT2D eigenvalue weighted by atomic mass is 16.4. The van der Waals surface area contributed by atoms with Gasteiger partial charge in [0.25, 0.3) is 0 Å². The first-order valence-corrected chi connectivity index (χ1v) is 8.25. The largest absolute Gasteiger partial charge is 0.437 e. The Kier molecular flexibility index (Phi) is 4.18. The summed E-state index contributed by atoms with van der Waals surface area (Å²) in [6, 6.07) is 17.6. The van der Waals surface area contributed by atoms with Crippen LogP contribution in [0.15, 0.2) is 70.0 Å². The molecule has 0 atom stereocenters. The lowest BCUT2D eigenvalue weighted by Crippen LogP contribution is -2.16. The molecule has 7 heteroatoms. The van der Waals surface area contributed by atoms with Crippen molar-refractivity contribution < 1.29 is 4.42 Å². The summed E-state index contributed by atoms with van der Waals surface area (Å²) in [6.45, 7) is 2.83. The van der Waals surface area contributed by atoms with Crippen LogP contribution in [-0.4, -0.2) is 24.8 Å². The van der Waals surface area contributed by atoms with Crippen molar-refractivity contribution in [1.29, 1.82) is 0 Å².